The van der Waals surface area contributed by atoms with Crippen molar-refractivity contribution < 1.29 is 23.5 Å². The third-order valence-corrected chi connectivity index (χ3v) is 6.84. The van der Waals surface area contributed by atoms with Gasteiger partial charge in [-0.2, -0.15) is 0 Å². The fourth-order valence-corrected chi connectivity index (χ4v) is 4.89. The molecule has 4 rings (SSSR count). The Morgan fingerprint density at radius 2 is 1.95 bits per heavy atom. The van der Waals surface area contributed by atoms with E-state index in [0.29, 0.717) is 42.9 Å². The molecule has 0 saturated carbocycles. The lowest BCUT2D eigenvalue weighted by atomic mass is 9.76. The molecule has 2 aliphatic rings. The summed E-state index contributed by atoms with van der Waals surface area (Å²) in [5, 5.41) is 8.46. The van der Waals surface area contributed by atoms with Crippen molar-refractivity contribution in [1.82, 2.24) is 15.5 Å². The third kappa shape index (κ3) is 6.87. The summed E-state index contributed by atoms with van der Waals surface area (Å²) in [6.45, 7) is 1.98. The molecule has 2 aliphatic heterocycles. The van der Waals surface area contributed by atoms with Gasteiger partial charge in [0.1, 0.15) is 18.2 Å². The van der Waals surface area contributed by atoms with Crippen LogP contribution >= 0.6 is 11.6 Å². The lowest BCUT2D eigenvalue weighted by Crippen LogP contribution is -2.53. The lowest BCUT2D eigenvalue weighted by molar-refractivity contribution is -0.135. The Labute approximate surface area is 220 Å². The topological polar surface area (TPSA) is 99.8 Å². The summed E-state index contributed by atoms with van der Waals surface area (Å²) in [6, 6.07) is 11.0. The van der Waals surface area contributed by atoms with Gasteiger partial charge in [0.05, 0.1) is 22.5 Å². The zero-order chi connectivity index (χ0) is 26.3. The number of anilines is 1. The van der Waals surface area contributed by atoms with Crippen LogP contribution in [0.25, 0.3) is 0 Å². The Bertz CT molecular complexity index is 1190. The molecule has 2 heterocycles. The first-order valence-electron chi connectivity index (χ1n) is 12.3. The quantitative estimate of drug-likeness (QED) is 0.530. The van der Waals surface area contributed by atoms with Gasteiger partial charge < -0.3 is 20.7 Å². The Morgan fingerprint density at radius 3 is 2.78 bits per heavy atom. The van der Waals surface area contributed by atoms with Crippen molar-refractivity contribution in [2.75, 3.05) is 44.6 Å². The molecule has 0 aliphatic carbocycles. The molecule has 196 valence electrons. The maximum absolute atomic E-state index is 13.4. The van der Waals surface area contributed by atoms with E-state index in [9.17, 15) is 18.8 Å². The molecular weight excluding hydrogens is 499 g/mol. The average molecular weight is 529 g/mol. The first-order valence-corrected chi connectivity index (χ1v) is 12.6. The van der Waals surface area contributed by atoms with Gasteiger partial charge in [-0.15, -0.1) is 0 Å². The van der Waals surface area contributed by atoms with E-state index in [0.717, 1.165) is 6.42 Å². The summed E-state index contributed by atoms with van der Waals surface area (Å²) >= 11 is 5.81. The number of carbonyl (C=O) groups excluding carboxylic acids is 3. The molecule has 3 amide bonds. The van der Waals surface area contributed by atoms with Gasteiger partial charge in [-0.05, 0) is 56.1 Å². The van der Waals surface area contributed by atoms with Gasteiger partial charge in [0, 0.05) is 25.3 Å². The van der Waals surface area contributed by atoms with E-state index in [1.54, 1.807) is 18.2 Å². The SMILES string of the molecule is O=C(CN1CCCC2(C/C=C\COc3ccccc3C(=O)NCCNC2=O)C1)Nc1ccc(F)c(Cl)c1. The Hall–Kier alpha value is -3.43. The second kappa shape index (κ2) is 12.2. The summed E-state index contributed by atoms with van der Waals surface area (Å²) in [7, 11) is 0. The number of fused-ring (bicyclic) bond motifs is 1. The number of nitrogens with zero attached hydrogens (tertiary/aromatic N) is 1. The molecule has 0 bridgehead atoms. The first kappa shape index (κ1) is 26.6. The predicted octanol–water partition coefficient (Wildman–Crippen LogP) is 3.38. The van der Waals surface area contributed by atoms with Crippen LogP contribution in [0.3, 0.4) is 0 Å². The number of benzene rings is 2. The largest absolute Gasteiger partial charge is 0.489 e. The number of rotatable bonds is 3. The average Bonchev–Trinajstić information content (AvgIpc) is 2.88. The Balaban J connectivity index is 1.43. The van der Waals surface area contributed by atoms with Crippen molar-refractivity contribution >= 4 is 35.0 Å². The molecule has 1 fully saturated rings. The van der Waals surface area contributed by atoms with Crippen LogP contribution in [0, 0.1) is 11.2 Å². The molecule has 1 saturated heterocycles. The van der Waals surface area contributed by atoms with Crippen molar-refractivity contribution in [2.45, 2.75) is 19.3 Å². The Kier molecular flexibility index (Phi) is 8.78. The predicted molar refractivity (Wildman–Crippen MR) is 139 cm³/mol. The smallest absolute Gasteiger partial charge is 0.255 e. The molecule has 8 nitrogen and oxygen atoms in total. The van der Waals surface area contributed by atoms with Crippen molar-refractivity contribution in [3.63, 3.8) is 0 Å². The van der Waals surface area contributed by atoms with Gasteiger partial charge in [-0.1, -0.05) is 35.9 Å². The van der Waals surface area contributed by atoms with Crippen LogP contribution in [0.4, 0.5) is 10.1 Å². The van der Waals surface area contributed by atoms with Crippen molar-refractivity contribution in [2.24, 2.45) is 5.41 Å². The van der Waals surface area contributed by atoms with Crippen molar-refractivity contribution in [3.8, 4) is 5.75 Å². The number of likely N-dealkylation sites (tertiary alicyclic amines) is 1. The minimum Gasteiger partial charge on any atom is -0.489 e. The van der Waals surface area contributed by atoms with Crippen LogP contribution in [-0.4, -0.2) is 62.0 Å². The molecule has 10 heteroatoms. The third-order valence-electron chi connectivity index (χ3n) is 6.55. The summed E-state index contributed by atoms with van der Waals surface area (Å²) in [6.07, 6.45) is 5.68. The van der Waals surface area contributed by atoms with Gasteiger partial charge >= 0.3 is 0 Å². The van der Waals surface area contributed by atoms with Gasteiger partial charge in [-0.25, -0.2) is 4.39 Å². The van der Waals surface area contributed by atoms with Gasteiger partial charge in [0.25, 0.3) is 5.91 Å². The highest BCUT2D eigenvalue weighted by Crippen LogP contribution is 2.34. The second-order valence-corrected chi connectivity index (χ2v) is 9.67. The normalized spacial score (nSPS) is 22.1. The van der Waals surface area contributed by atoms with Gasteiger partial charge in [0.2, 0.25) is 11.8 Å². The number of nitrogens with one attached hydrogen (secondary N) is 3. The number of ether oxygens (including phenoxy) is 1. The minimum atomic E-state index is -0.722. The van der Waals surface area contributed by atoms with E-state index >= 15 is 0 Å². The fourth-order valence-electron chi connectivity index (χ4n) is 4.71. The number of piperidine rings is 1. The van der Waals surface area contributed by atoms with Gasteiger partial charge in [0.15, 0.2) is 0 Å². The van der Waals surface area contributed by atoms with E-state index in [-0.39, 0.29) is 49.0 Å². The Morgan fingerprint density at radius 1 is 1.14 bits per heavy atom. The molecule has 1 spiro atoms. The molecule has 3 N–H and O–H groups in total. The van der Waals surface area contributed by atoms with E-state index in [1.807, 2.05) is 23.1 Å². The zero-order valence-corrected chi connectivity index (χ0v) is 21.2. The van der Waals surface area contributed by atoms with Crippen molar-refractivity contribution in [1.29, 1.82) is 0 Å². The minimum absolute atomic E-state index is 0.0680. The molecule has 37 heavy (non-hydrogen) atoms. The number of hydrogen-bond acceptors (Lipinski definition) is 5. The maximum atomic E-state index is 13.4. The van der Waals surface area contributed by atoms with E-state index < -0.39 is 11.2 Å². The highest BCUT2D eigenvalue weighted by Gasteiger charge is 2.41. The second-order valence-electron chi connectivity index (χ2n) is 9.27. The number of hydrogen-bond donors (Lipinski definition) is 3. The molecule has 2 aromatic carbocycles. The summed E-state index contributed by atoms with van der Waals surface area (Å²) in [5.41, 5.74) is 0.130. The van der Waals surface area contributed by atoms with Crippen LogP contribution in [0.5, 0.6) is 5.75 Å². The van der Waals surface area contributed by atoms with Crippen LogP contribution in [-0.2, 0) is 9.59 Å². The monoisotopic (exact) mass is 528 g/mol. The molecule has 0 radical (unpaired) electrons. The zero-order valence-electron chi connectivity index (χ0n) is 20.4. The number of para-hydroxylation sites is 1. The summed E-state index contributed by atoms with van der Waals surface area (Å²) in [4.78, 5) is 40.6. The molecule has 1 unspecified atom stereocenters. The fraction of sp³-hybridized carbons (Fsp3) is 0.370. The van der Waals surface area contributed by atoms with E-state index in [2.05, 4.69) is 16.0 Å². The number of allylic oxidation sites excluding steroid dienone is 1. The van der Waals surface area contributed by atoms with E-state index in [4.69, 9.17) is 16.3 Å². The number of halogens is 2. The van der Waals surface area contributed by atoms with Crippen LogP contribution in [0.15, 0.2) is 54.6 Å². The lowest BCUT2D eigenvalue weighted by Gasteiger charge is -2.41. The highest BCUT2D eigenvalue weighted by molar-refractivity contribution is 6.31. The van der Waals surface area contributed by atoms with Crippen LogP contribution in [0.2, 0.25) is 5.02 Å². The molecule has 1 atom stereocenters. The maximum Gasteiger partial charge on any atom is 0.255 e. The molecule has 0 aromatic heterocycles. The standard InChI is InChI=1S/C27H30ClFN4O4/c28-21-16-19(8-9-22(21)29)32-24(34)17-33-14-5-11-27(18-33)10-3-4-15-37-23-7-2-1-6-20(23)25(35)30-12-13-31-26(27)36/h1-4,6-9,16H,5,10-15,17-18H2,(H,30,35)(H,31,36)(H,32,34)/b4-3-. The summed E-state index contributed by atoms with van der Waals surface area (Å²) < 4.78 is 19.2. The summed E-state index contributed by atoms with van der Waals surface area (Å²) in [5.74, 6) is -0.707. The molecule has 2 aromatic rings. The van der Waals surface area contributed by atoms with Crippen molar-refractivity contribution in [3.05, 3.63) is 71.0 Å². The van der Waals surface area contributed by atoms with E-state index in [1.165, 1.54) is 18.2 Å². The number of carbonyl (C=O) groups is 3. The first-order chi connectivity index (χ1) is 17.9. The van der Waals surface area contributed by atoms with Crippen LogP contribution < -0.4 is 20.7 Å². The number of amides is 3. The van der Waals surface area contributed by atoms with Gasteiger partial charge in [-0.3, -0.25) is 19.3 Å². The highest BCUT2D eigenvalue weighted by atomic mass is 35.5. The van der Waals surface area contributed by atoms with Crippen LogP contribution in [0.1, 0.15) is 29.6 Å². The molecular formula is C27H30ClFN4O4.